The number of fused-ring (bicyclic) bond motifs is 1. The molecule has 18 heavy (non-hydrogen) atoms. The topological polar surface area (TPSA) is 51.5 Å². The summed E-state index contributed by atoms with van der Waals surface area (Å²) >= 11 is 0. The Morgan fingerprint density at radius 3 is 3.11 bits per heavy atom. The minimum absolute atomic E-state index is 0.477. The Morgan fingerprint density at radius 1 is 1.33 bits per heavy atom. The summed E-state index contributed by atoms with van der Waals surface area (Å²) in [4.78, 5) is 4.32. The molecule has 2 aromatic heterocycles. The summed E-state index contributed by atoms with van der Waals surface area (Å²) in [6, 6.07) is 1.95. The minimum Gasteiger partial charge on any atom is -0.376 e. The van der Waals surface area contributed by atoms with Crippen molar-refractivity contribution in [3.8, 4) is 0 Å². The molecule has 2 heterocycles. The summed E-state index contributed by atoms with van der Waals surface area (Å²) < 4.78 is 7.62. The fourth-order valence-corrected chi connectivity index (χ4v) is 2.44. The molecule has 0 aliphatic heterocycles. The summed E-state index contributed by atoms with van der Waals surface area (Å²) in [5.74, 6) is 0.866. The number of hydrogen-bond acceptors (Lipinski definition) is 4. The largest absolute Gasteiger partial charge is 0.376 e. The molecule has 0 bridgehead atoms. The lowest BCUT2D eigenvalue weighted by atomic mass is 10.3. The van der Waals surface area contributed by atoms with Crippen LogP contribution in [-0.2, 0) is 4.74 Å². The van der Waals surface area contributed by atoms with Crippen LogP contribution in [0.1, 0.15) is 25.7 Å². The van der Waals surface area contributed by atoms with E-state index < -0.39 is 0 Å². The third kappa shape index (κ3) is 2.46. The molecule has 5 nitrogen and oxygen atoms in total. The van der Waals surface area contributed by atoms with Gasteiger partial charge in [0.25, 0.3) is 0 Å². The second kappa shape index (κ2) is 5.35. The first kappa shape index (κ1) is 11.5. The summed E-state index contributed by atoms with van der Waals surface area (Å²) in [6.07, 6.45) is 10.9. The number of rotatable bonds is 5. The summed E-state index contributed by atoms with van der Waals surface area (Å²) in [6.45, 7) is 1.52. The molecule has 1 saturated carbocycles. The summed E-state index contributed by atoms with van der Waals surface area (Å²) in [5, 5.41) is 7.48. The molecular formula is C13H18N4O. The van der Waals surface area contributed by atoms with Gasteiger partial charge in [-0.05, 0) is 18.9 Å². The van der Waals surface area contributed by atoms with Gasteiger partial charge in [0.1, 0.15) is 5.52 Å². The fourth-order valence-electron chi connectivity index (χ4n) is 2.44. The van der Waals surface area contributed by atoms with Crippen LogP contribution in [0.2, 0.25) is 0 Å². The Labute approximate surface area is 106 Å². The minimum atomic E-state index is 0.477. The van der Waals surface area contributed by atoms with Gasteiger partial charge in [-0.1, -0.05) is 12.8 Å². The maximum atomic E-state index is 5.81. The SMILES string of the molecule is c1cn2nccc2c(NCCOC2CCCC2)n1. The van der Waals surface area contributed by atoms with E-state index in [0.29, 0.717) is 6.10 Å². The van der Waals surface area contributed by atoms with Crippen LogP contribution in [0.4, 0.5) is 5.82 Å². The quantitative estimate of drug-likeness (QED) is 0.821. The van der Waals surface area contributed by atoms with Crippen molar-refractivity contribution in [3.05, 3.63) is 24.7 Å². The van der Waals surface area contributed by atoms with Gasteiger partial charge in [-0.15, -0.1) is 0 Å². The van der Waals surface area contributed by atoms with E-state index in [1.54, 1.807) is 12.4 Å². The van der Waals surface area contributed by atoms with Gasteiger partial charge in [0.15, 0.2) is 5.82 Å². The maximum absolute atomic E-state index is 5.81. The zero-order valence-corrected chi connectivity index (χ0v) is 10.4. The number of aromatic nitrogens is 3. The van der Waals surface area contributed by atoms with Crippen LogP contribution in [0.5, 0.6) is 0 Å². The van der Waals surface area contributed by atoms with Crippen molar-refractivity contribution in [2.24, 2.45) is 0 Å². The molecule has 1 aliphatic rings. The van der Waals surface area contributed by atoms with Crippen molar-refractivity contribution in [1.29, 1.82) is 0 Å². The number of nitrogens with one attached hydrogen (secondary N) is 1. The molecule has 0 aromatic carbocycles. The van der Waals surface area contributed by atoms with Gasteiger partial charge < -0.3 is 10.1 Å². The third-order valence-electron chi connectivity index (χ3n) is 3.37. The lowest BCUT2D eigenvalue weighted by Gasteiger charge is -2.12. The fraction of sp³-hybridized carbons (Fsp3) is 0.538. The highest BCUT2D eigenvalue weighted by atomic mass is 16.5. The Morgan fingerprint density at radius 2 is 2.22 bits per heavy atom. The van der Waals surface area contributed by atoms with Gasteiger partial charge in [0.05, 0.1) is 18.9 Å². The van der Waals surface area contributed by atoms with E-state index >= 15 is 0 Å². The van der Waals surface area contributed by atoms with E-state index in [1.807, 2.05) is 16.8 Å². The molecule has 1 fully saturated rings. The van der Waals surface area contributed by atoms with Gasteiger partial charge in [-0.2, -0.15) is 5.10 Å². The zero-order valence-electron chi connectivity index (χ0n) is 10.4. The van der Waals surface area contributed by atoms with E-state index in [-0.39, 0.29) is 0 Å². The van der Waals surface area contributed by atoms with Crippen molar-refractivity contribution in [3.63, 3.8) is 0 Å². The molecule has 0 amide bonds. The molecule has 0 atom stereocenters. The molecule has 1 aliphatic carbocycles. The van der Waals surface area contributed by atoms with Gasteiger partial charge in [-0.3, -0.25) is 0 Å². The van der Waals surface area contributed by atoms with Crippen molar-refractivity contribution in [2.45, 2.75) is 31.8 Å². The molecule has 5 heteroatoms. The summed E-state index contributed by atoms with van der Waals surface area (Å²) in [5.41, 5.74) is 0.998. The number of anilines is 1. The monoisotopic (exact) mass is 246 g/mol. The van der Waals surface area contributed by atoms with E-state index in [0.717, 1.165) is 24.5 Å². The number of nitrogens with zero attached hydrogens (tertiary/aromatic N) is 3. The highest BCUT2D eigenvalue weighted by Gasteiger charge is 2.14. The van der Waals surface area contributed by atoms with E-state index in [9.17, 15) is 0 Å². The Kier molecular flexibility index (Phi) is 3.41. The van der Waals surface area contributed by atoms with Crippen LogP contribution >= 0.6 is 0 Å². The molecule has 1 N–H and O–H groups in total. The van der Waals surface area contributed by atoms with Crippen molar-refractivity contribution >= 4 is 11.3 Å². The molecule has 3 rings (SSSR count). The zero-order chi connectivity index (χ0) is 12.2. The smallest absolute Gasteiger partial charge is 0.152 e. The Hall–Kier alpha value is -1.62. The predicted molar refractivity (Wildman–Crippen MR) is 69.7 cm³/mol. The van der Waals surface area contributed by atoms with Crippen molar-refractivity contribution < 1.29 is 4.74 Å². The normalized spacial score (nSPS) is 16.4. The van der Waals surface area contributed by atoms with Crippen LogP contribution in [0.3, 0.4) is 0 Å². The molecule has 0 saturated heterocycles. The van der Waals surface area contributed by atoms with Gasteiger partial charge >= 0.3 is 0 Å². The van der Waals surface area contributed by atoms with Gasteiger partial charge in [0, 0.05) is 18.9 Å². The molecular weight excluding hydrogens is 228 g/mol. The molecule has 96 valence electrons. The molecule has 0 radical (unpaired) electrons. The molecule has 0 spiro atoms. The van der Waals surface area contributed by atoms with Crippen molar-refractivity contribution in [2.75, 3.05) is 18.5 Å². The van der Waals surface area contributed by atoms with E-state index in [1.165, 1.54) is 25.7 Å². The average Bonchev–Trinajstić information content (AvgIpc) is 3.05. The number of ether oxygens (including phenoxy) is 1. The predicted octanol–water partition coefficient (Wildman–Crippen LogP) is 2.10. The highest BCUT2D eigenvalue weighted by Crippen LogP contribution is 2.20. The first-order valence-electron chi connectivity index (χ1n) is 6.57. The third-order valence-corrected chi connectivity index (χ3v) is 3.37. The maximum Gasteiger partial charge on any atom is 0.152 e. The second-order valence-corrected chi connectivity index (χ2v) is 4.64. The molecule has 0 unspecified atom stereocenters. The Balaban J connectivity index is 1.51. The first-order chi connectivity index (χ1) is 8.93. The first-order valence-corrected chi connectivity index (χ1v) is 6.57. The standard InChI is InChI=1S/C13H18N4O/c1-2-4-11(3-1)18-10-8-15-13-12-5-6-16-17(12)9-7-14-13/h5-7,9,11H,1-4,8,10H2,(H,14,15). The van der Waals surface area contributed by atoms with Gasteiger partial charge in [0.2, 0.25) is 0 Å². The lowest BCUT2D eigenvalue weighted by Crippen LogP contribution is -2.16. The van der Waals surface area contributed by atoms with Gasteiger partial charge in [-0.25, -0.2) is 9.50 Å². The highest BCUT2D eigenvalue weighted by molar-refractivity contribution is 5.66. The van der Waals surface area contributed by atoms with Crippen LogP contribution in [0, 0.1) is 0 Å². The lowest BCUT2D eigenvalue weighted by molar-refractivity contribution is 0.0659. The van der Waals surface area contributed by atoms with Crippen molar-refractivity contribution in [1.82, 2.24) is 14.6 Å². The second-order valence-electron chi connectivity index (χ2n) is 4.64. The number of hydrogen-bond donors (Lipinski definition) is 1. The average molecular weight is 246 g/mol. The van der Waals surface area contributed by atoms with E-state index in [2.05, 4.69) is 15.4 Å². The van der Waals surface area contributed by atoms with Crippen LogP contribution < -0.4 is 5.32 Å². The summed E-state index contributed by atoms with van der Waals surface area (Å²) in [7, 11) is 0. The van der Waals surface area contributed by atoms with Crippen LogP contribution in [-0.4, -0.2) is 33.9 Å². The van der Waals surface area contributed by atoms with Crippen LogP contribution in [0.25, 0.3) is 5.52 Å². The van der Waals surface area contributed by atoms with Crippen LogP contribution in [0.15, 0.2) is 24.7 Å². The van der Waals surface area contributed by atoms with E-state index in [4.69, 9.17) is 4.74 Å². The molecule has 2 aromatic rings. The Bertz CT molecular complexity index is 504.